The molecular formula is C17H21N3O. The van der Waals surface area contributed by atoms with Crippen LogP contribution in [0.3, 0.4) is 0 Å². The number of H-pyrrole nitrogens is 2. The molecular weight excluding hydrogens is 262 g/mol. The van der Waals surface area contributed by atoms with Gasteiger partial charge in [0.05, 0.1) is 11.0 Å². The van der Waals surface area contributed by atoms with Gasteiger partial charge in [0.1, 0.15) is 0 Å². The van der Waals surface area contributed by atoms with Gasteiger partial charge in [0.15, 0.2) is 0 Å². The number of rotatable bonds is 0. The summed E-state index contributed by atoms with van der Waals surface area (Å²) in [6.07, 6.45) is 2.34. The molecule has 2 aromatic rings. The van der Waals surface area contributed by atoms with Crippen molar-refractivity contribution in [3.63, 3.8) is 0 Å². The molecule has 3 atom stereocenters. The van der Waals surface area contributed by atoms with E-state index in [4.69, 9.17) is 0 Å². The SMILES string of the molecule is CC1(C)C2CC3c4[nH]c5ccc(=O)[nH]c5c4CCN(C2)C31. The number of aromatic amines is 2. The summed E-state index contributed by atoms with van der Waals surface area (Å²) in [6, 6.07) is 4.21. The molecule has 21 heavy (non-hydrogen) atoms. The summed E-state index contributed by atoms with van der Waals surface area (Å²) < 4.78 is 0. The third kappa shape index (κ3) is 1.37. The van der Waals surface area contributed by atoms with Gasteiger partial charge in [-0.1, -0.05) is 13.8 Å². The first-order chi connectivity index (χ1) is 10.1. The lowest BCUT2D eigenvalue weighted by Gasteiger charge is -2.33. The fourth-order valence-corrected chi connectivity index (χ4v) is 5.44. The van der Waals surface area contributed by atoms with E-state index in [9.17, 15) is 4.79 Å². The molecule has 0 spiro atoms. The molecule has 110 valence electrons. The lowest BCUT2D eigenvalue weighted by Crippen LogP contribution is -2.39. The van der Waals surface area contributed by atoms with Crippen LogP contribution in [-0.4, -0.2) is 34.0 Å². The van der Waals surface area contributed by atoms with Crippen LogP contribution >= 0.6 is 0 Å². The zero-order valence-corrected chi connectivity index (χ0v) is 12.6. The van der Waals surface area contributed by atoms with Crippen LogP contribution in [0.2, 0.25) is 0 Å². The van der Waals surface area contributed by atoms with E-state index in [-0.39, 0.29) is 5.56 Å². The van der Waals surface area contributed by atoms with Gasteiger partial charge in [-0.25, -0.2) is 0 Å². The van der Waals surface area contributed by atoms with Crippen molar-refractivity contribution < 1.29 is 0 Å². The van der Waals surface area contributed by atoms with Crippen molar-refractivity contribution in [2.45, 2.75) is 38.6 Å². The maximum absolute atomic E-state index is 11.7. The molecule has 2 N–H and O–H groups in total. The van der Waals surface area contributed by atoms with Crippen molar-refractivity contribution in [3.05, 3.63) is 33.7 Å². The van der Waals surface area contributed by atoms with Gasteiger partial charge in [-0.2, -0.15) is 0 Å². The molecule has 2 aromatic heterocycles. The Labute approximate surface area is 123 Å². The Hall–Kier alpha value is -1.55. The highest BCUT2D eigenvalue weighted by atomic mass is 16.1. The normalized spacial score (nSPS) is 33.3. The second-order valence-electron chi connectivity index (χ2n) is 7.68. The van der Waals surface area contributed by atoms with Crippen molar-refractivity contribution in [2.75, 3.05) is 13.1 Å². The molecule has 0 aromatic carbocycles. The summed E-state index contributed by atoms with van der Waals surface area (Å²) in [7, 11) is 0. The second-order valence-corrected chi connectivity index (χ2v) is 7.68. The molecule has 0 amide bonds. The number of nitrogens with zero attached hydrogens (tertiary/aromatic N) is 1. The third-order valence-electron chi connectivity index (χ3n) is 6.42. The summed E-state index contributed by atoms with van der Waals surface area (Å²) in [5, 5.41) is 0. The van der Waals surface area contributed by atoms with Gasteiger partial charge in [0.2, 0.25) is 5.56 Å². The van der Waals surface area contributed by atoms with Crippen molar-refractivity contribution >= 4 is 11.0 Å². The zero-order valence-electron chi connectivity index (χ0n) is 12.6. The summed E-state index contributed by atoms with van der Waals surface area (Å²) in [5.41, 5.74) is 5.31. The van der Waals surface area contributed by atoms with Crippen LogP contribution in [0, 0.1) is 11.3 Å². The van der Waals surface area contributed by atoms with Crippen LogP contribution in [0.4, 0.5) is 0 Å². The fourth-order valence-electron chi connectivity index (χ4n) is 5.44. The summed E-state index contributed by atoms with van der Waals surface area (Å²) >= 11 is 0. The number of fused-ring (bicyclic) bond motifs is 5. The molecule has 4 nitrogen and oxygen atoms in total. The van der Waals surface area contributed by atoms with Gasteiger partial charge < -0.3 is 9.97 Å². The minimum Gasteiger partial charge on any atom is -0.357 e. The molecule has 5 rings (SSSR count). The van der Waals surface area contributed by atoms with Crippen molar-refractivity contribution in [2.24, 2.45) is 11.3 Å². The maximum Gasteiger partial charge on any atom is 0.248 e. The second kappa shape index (κ2) is 3.61. The van der Waals surface area contributed by atoms with Crippen LogP contribution in [0.25, 0.3) is 11.0 Å². The van der Waals surface area contributed by atoms with Gasteiger partial charge in [-0.3, -0.25) is 9.69 Å². The number of piperidine rings is 1. The van der Waals surface area contributed by atoms with Gasteiger partial charge in [-0.15, -0.1) is 0 Å². The molecule has 4 heteroatoms. The third-order valence-corrected chi connectivity index (χ3v) is 6.42. The maximum atomic E-state index is 11.7. The average Bonchev–Trinajstić information content (AvgIpc) is 2.98. The van der Waals surface area contributed by atoms with E-state index in [2.05, 4.69) is 28.7 Å². The molecule has 2 bridgehead atoms. The van der Waals surface area contributed by atoms with E-state index in [0.717, 1.165) is 29.9 Å². The summed E-state index contributed by atoms with van der Waals surface area (Å²) in [4.78, 5) is 21.1. The predicted octanol–water partition coefficient (Wildman–Crippen LogP) is 2.23. The Morgan fingerprint density at radius 1 is 1.29 bits per heavy atom. The molecule has 1 saturated heterocycles. The lowest BCUT2D eigenvalue weighted by molar-refractivity contribution is 0.175. The molecule has 3 aliphatic rings. The number of nitrogens with one attached hydrogen (secondary N) is 2. The minimum atomic E-state index is 0.00135. The number of aromatic nitrogens is 2. The average molecular weight is 283 g/mol. The monoisotopic (exact) mass is 283 g/mol. The Kier molecular flexibility index (Phi) is 2.07. The number of hydrogen-bond acceptors (Lipinski definition) is 2. The quantitative estimate of drug-likeness (QED) is 0.779. The van der Waals surface area contributed by atoms with Crippen molar-refractivity contribution in [1.82, 2.24) is 14.9 Å². The van der Waals surface area contributed by atoms with E-state index < -0.39 is 0 Å². The molecule has 2 aliphatic heterocycles. The minimum absolute atomic E-state index is 0.00135. The Morgan fingerprint density at radius 2 is 2.14 bits per heavy atom. The van der Waals surface area contributed by atoms with Gasteiger partial charge >= 0.3 is 0 Å². The largest absolute Gasteiger partial charge is 0.357 e. The first-order valence-corrected chi connectivity index (χ1v) is 8.03. The highest BCUT2D eigenvalue weighted by Gasteiger charge is 2.58. The highest BCUT2D eigenvalue weighted by molar-refractivity contribution is 5.81. The highest BCUT2D eigenvalue weighted by Crippen LogP contribution is 2.59. The lowest BCUT2D eigenvalue weighted by atomic mass is 9.82. The van der Waals surface area contributed by atoms with Crippen molar-refractivity contribution in [3.8, 4) is 0 Å². The van der Waals surface area contributed by atoms with Crippen LogP contribution in [0.1, 0.15) is 37.4 Å². The topological polar surface area (TPSA) is 51.9 Å². The molecule has 1 saturated carbocycles. The first kappa shape index (κ1) is 12.0. The Morgan fingerprint density at radius 3 is 2.95 bits per heavy atom. The van der Waals surface area contributed by atoms with Crippen LogP contribution < -0.4 is 5.56 Å². The molecule has 2 fully saturated rings. The van der Waals surface area contributed by atoms with Gasteiger partial charge in [0.25, 0.3) is 0 Å². The molecule has 3 unspecified atom stereocenters. The first-order valence-electron chi connectivity index (χ1n) is 8.03. The Bertz CT molecular complexity index is 800. The van der Waals surface area contributed by atoms with E-state index in [1.807, 2.05) is 6.07 Å². The van der Waals surface area contributed by atoms with Crippen LogP contribution in [0.15, 0.2) is 16.9 Å². The standard InChI is InChI=1S/C17H21N3O/c1-17(2)9-7-11-14-10(5-6-20(8-9)16(11)17)15-12(18-14)3-4-13(21)19-15/h3-4,9,11,16,18H,5-8H2,1-2H3,(H,19,21). The predicted molar refractivity (Wildman–Crippen MR) is 82.6 cm³/mol. The summed E-state index contributed by atoms with van der Waals surface area (Å²) in [5.74, 6) is 1.41. The van der Waals surface area contributed by atoms with E-state index in [1.165, 1.54) is 24.2 Å². The van der Waals surface area contributed by atoms with Crippen LogP contribution in [0.5, 0.6) is 0 Å². The molecule has 4 heterocycles. The molecule has 1 aliphatic carbocycles. The molecule has 0 radical (unpaired) electrons. The van der Waals surface area contributed by atoms with E-state index in [0.29, 0.717) is 17.4 Å². The smallest absolute Gasteiger partial charge is 0.248 e. The summed E-state index contributed by atoms with van der Waals surface area (Å²) in [6.45, 7) is 7.26. The van der Waals surface area contributed by atoms with Crippen molar-refractivity contribution in [1.29, 1.82) is 0 Å². The number of hydrogen-bond donors (Lipinski definition) is 2. The Balaban J connectivity index is 1.75. The number of pyridine rings is 1. The fraction of sp³-hybridized carbons (Fsp3) is 0.588. The van der Waals surface area contributed by atoms with E-state index >= 15 is 0 Å². The van der Waals surface area contributed by atoms with Gasteiger partial charge in [-0.05, 0) is 35.8 Å². The van der Waals surface area contributed by atoms with Gasteiger partial charge in [0, 0.05) is 36.8 Å². The zero-order chi connectivity index (χ0) is 14.4. The van der Waals surface area contributed by atoms with E-state index in [1.54, 1.807) is 6.07 Å². The van der Waals surface area contributed by atoms with Crippen LogP contribution in [-0.2, 0) is 6.42 Å².